The molecule has 0 amide bonds. The first-order valence-corrected chi connectivity index (χ1v) is 24.8. The number of phenols is 2. The van der Waals surface area contributed by atoms with Gasteiger partial charge in [0.1, 0.15) is 35.7 Å². The predicted octanol–water partition coefficient (Wildman–Crippen LogP) is -8.96. The molecule has 0 saturated heterocycles. The van der Waals surface area contributed by atoms with Crippen molar-refractivity contribution < 1.29 is 159 Å². The van der Waals surface area contributed by atoms with E-state index in [0.717, 1.165) is 33.4 Å². The zero-order valence-corrected chi connectivity index (χ0v) is 43.0. The summed E-state index contributed by atoms with van der Waals surface area (Å²) in [6.45, 7) is 4.00. The van der Waals surface area contributed by atoms with Gasteiger partial charge in [0.05, 0.1) is 0 Å². The van der Waals surface area contributed by atoms with Crippen molar-refractivity contribution in [2.24, 2.45) is 20.0 Å². The molecule has 2 N–H and O–H groups in total. The van der Waals surface area contributed by atoms with E-state index in [1.54, 1.807) is 24.9 Å². The first kappa shape index (κ1) is 67.1. The van der Waals surface area contributed by atoms with Crippen molar-refractivity contribution in [1.29, 1.82) is 0 Å². The standard InChI is InChI=1S/C46H40N4O2.4ClHO4.2Co/c1-31-23-37-27-47-41(33-15-7-3-8-16-33)43(35-19-11-5-12-20-35)49-29-39-25-32(2)26-40(46(39)52)30-50-44(36-21-13-6-14-22-36)42(34-17-9-4-10-18-34)48-28-38(24-31)45(37)51;4*2-1(3,4)5;;/h3-30,41-44,51-52H,1-2H3;4*(H,2,3,4,5);;/q;;;;;2*+2/p-4/t41-,42-,43-,44-;;;;;;/m1....../s1. The molecule has 1 heterocycles. The number of fused-ring (bicyclic) bond motifs is 4. The number of aryl methyl sites for hydroxylation is 2. The summed E-state index contributed by atoms with van der Waals surface area (Å²) in [7, 11) is -19.8. The summed E-state index contributed by atoms with van der Waals surface area (Å²) in [5.74, 6) is 0.181. The van der Waals surface area contributed by atoms with E-state index in [1.165, 1.54) is 0 Å². The van der Waals surface area contributed by atoms with Crippen molar-refractivity contribution >= 4 is 24.9 Å². The van der Waals surface area contributed by atoms with Crippen molar-refractivity contribution in [3.05, 3.63) is 201 Å². The number of aromatic hydroxyl groups is 2. The van der Waals surface area contributed by atoms with Gasteiger partial charge < -0.3 is 10.2 Å². The van der Waals surface area contributed by atoms with E-state index in [0.29, 0.717) is 22.3 Å². The first-order chi connectivity index (χ1) is 33.4. The van der Waals surface area contributed by atoms with Crippen LogP contribution in [-0.4, -0.2) is 35.1 Å². The van der Waals surface area contributed by atoms with Gasteiger partial charge in [-0.15, -0.1) is 41.0 Å². The number of nitrogens with zero attached hydrogens (tertiary/aromatic N) is 4. The summed E-state index contributed by atoms with van der Waals surface area (Å²) >= 11 is 0. The van der Waals surface area contributed by atoms with E-state index in [-0.39, 0.29) is 45.1 Å². The van der Waals surface area contributed by atoms with E-state index in [2.05, 4.69) is 0 Å². The molecule has 2 radical (unpaired) electrons. The molecule has 1 aliphatic heterocycles. The van der Waals surface area contributed by atoms with Gasteiger partial charge in [-0.05, 0) is 71.5 Å². The van der Waals surface area contributed by atoms with Gasteiger partial charge in [-0.2, -0.15) is 0 Å². The minimum absolute atomic E-state index is 0. The van der Waals surface area contributed by atoms with Crippen LogP contribution in [0.1, 0.15) is 79.8 Å². The largest absolute Gasteiger partial charge is 2.00 e. The van der Waals surface area contributed by atoms with E-state index >= 15 is 0 Å². The molecule has 0 saturated carbocycles. The Labute approximate surface area is 452 Å². The first-order valence-electron chi connectivity index (χ1n) is 19.9. The molecule has 4 atom stereocenters. The van der Waals surface area contributed by atoms with Crippen LogP contribution in [-0.2, 0) is 33.6 Å². The van der Waals surface area contributed by atoms with Gasteiger partial charge in [0.25, 0.3) is 0 Å². The van der Waals surface area contributed by atoms with Crippen molar-refractivity contribution in [1.82, 2.24) is 0 Å². The minimum atomic E-state index is -4.94. The van der Waals surface area contributed by atoms with Crippen LogP contribution in [0, 0.1) is 54.8 Å². The Hall–Kier alpha value is -4.87. The van der Waals surface area contributed by atoms with Gasteiger partial charge in [0, 0.05) is 47.1 Å². The molecule has 74 heavy (non-hydrogen) atoms. The number of rotatable bonds is 4. The minimum Gasteiger partial charge on any atom is -0.507 e. The molecule has 7 rings (SSSR count). The predicted molar refractivity (Wildman–Crippen MR) is 213 cm³/mol. The van der Waals surface area contributed by atoms with Crippen molar-refractivity contribution in [3.63, 3.8) is 0 Å². The summed E-state index contributed by atoms with van der Waals surface area (Å²) < 4.78 is 136. The Balaban J connectivity index is 0.00000106. The molecule has 4 bridgehead atoms. The van der Waals surface area contributed by atoms with E-state index in [1.807, 2.05) is 159 Å². The third-order valence-electron chi connectivity index (χ3n) is 9.29. The van der Waals surface area contributed by atoms with Gasteiger partial charge in [0.15, 0.2) is 0 Å². The molecule has 0 aliphatic carbocycles. The Morgan fingerprint density at radius 2 is 0.459 bits per heavy atom. The molecule has 0 unspecified atom stereocenters. The second kappa shape index (κ2) is 31.2. The van der Waals surface area contributed by atoms with Crippen LogP contribution in [0.3, 0.4) is 0 Å². The molecule has 6 aromatic carbocycles. The number of phenolic OH excluding ortho intramolecular Hbond substituents is 2. The third-order valence-corrected chi connectivity index (χ3v) is 9.29. The summed E-state index contributed by atoms with van der Waals surface area (Å²) in [6.07, 6.45) is 6.94. The molecule has 1 aliphatic rings. The zero-order valence-electron chi connectivity index (χ0n) is 37.9. The average Bonchev–Trinajstić information content (AvgIpc) is 3.27. The van der Waals surface area contributed by atoms with Crippen LogP contribution in [0.4, 0.5) is 0 Å². The van der Waals surface area contributed by atoms with Crippen LogP contribution in [0.15, 0.2) is 166 Å². The molecular weight excluding hydrogens is 1160 g/mol. The second-order valence-electron chi connectivity index (χ2n) is 14.6. The molecule has 28 heteroatoms. The molecule has 0 fully saturated rings. The number of benzene rings is 6. The van der Waals surface area contributed by atoms with Crippen molar-refractivity contribution in [3.8, 4) is 11.5 Å². The zero-order chi connectivity index (χ0) is 53.9. The van der Waals surface area contributed by atoms with E-state index < -0.39 is 65.1 Å². The Bertz CT molecular complexity index is 2330. The summed E-state index contributed by atoms with van der Waals surface area (Å²) in [6, 6.07) is 46.1. The van der Waals surface area contributed by atoms with Gasteiger partial charge in [-0.1, -0.05) is 121 Å². The van der Waals surface area contributed by atoms with Crippen LogP contribution >= 0.6 is 0 Å². The summed E-state index contributed by atoms with van der Waals surface area (Å²) in [5.41, 5.74) is 8.09. The van der Waals surface area contributed by atoms with Crippen molar-refractivity contribution in [2.45, 2.75) is 38.0 Å². The van der Waals surface area contributed by atoms with Crippen LogP contribution in [0.25, 0.3) is 0 Å². The Morgan fingerprint density at radius 3 is 0.608 bits per heavy atom. The average molecular weight is 1200 g/mol. The fourth-order valence-electron chi connectivity index (χ4n) is 6.71. The molecule has 22 nitrogen and oxygen atoms in total. The fourth-order valence-corrected chi connectivity index (χ4v) is 6.71. The fraction of sp³-hybridized carbons (Fsp3) is 0.130. The molecule has 6 aromatic rings. The smallest absolute Gasteiger partial charge is 0.507 e. The SMILES string of the molecule is Cc1cc2c(O)c(c1)C=N[C@H](c1ccccc1)[C@@H](c1ccccc1)N=Cc1cc(C)cc(c1O)C=N[C@H](c1ccccc1)[C@@H](c1ccccc1)N=C2.[Co+2].[Co+2].[O-][Cl+3]([O-])([O-])[O-].[O-][Cl+3]([O-])([O-])[O-].[O-][Cl+3]([O-])([O-])[O-].[O-][Cl+3]([O-])([O-])[O-]. The van der Waals surface area contributed by atoms with Gasteiger partial charge in [-0.3, -0.25) is 20.0 Å². The molecular formula is C46H40Cl4Co2N4O18. The van der Waals surface area contributed by atoms with Crippen molar-refractivity contribution in [2.75, 3.05) is 0 Å². The Morgan fingerprint density at radius 1 is 0.311 bits per heavy atom. The molecule has 0 spiro atoms. The number of hydrogen-bond acceptors (Lipinski definition) is 22. The topological polar surface area (TPSA) is 459 Å². The normalized spacial score (nSPS) is 16.5. The quantitative estimate of drug-likeness (QED) is 0.165. The third kappa shape index (κ3) is 27.6. The van der Waals surface area contributed by atoms with Gasteiger partial charge in [-0.25, -0.2) is 74.5 Å². The summed E-state index contributed by atoms with van der Waals surface area (Å²) in [4.78, 5) is 20.6. The van der Waals surface area contributed by atoms with Crippen LogP contribution in [0.5, 0.6) is 11.5 Å². The molecule has 398 valence electrons. The maximum Gasteiger partial charge on any atom is 2.00 e. The monoisotopic (exact) mass is 1190 g/mol. The van der Waals surface area contributed by atoms with Gasteiger partial charge >= 0.3 is 33.6 Å². The van der Waals surface area contributed by atoms with Crippen LogP contribution < -0.4 is 74.5 Å². The molecule has 0 aromatic heterocycles. The summed E-state index contributed by atoms with van der Waals surface area (Å²) in [5, 5.41) is 23.4. The van der Waals surface area contributed by atoms with E-state index in [9.17, 15) is 10.2 Å². The Kier molecular flexibility index (Phi) is 28.4. The number of halogens is 4. The van der Waals surface area contributed by atoms with E-state index in [4.69, 9.17) is 94.5 Å². The van der Waals surface area contributed by atoms with Gasteiger partial charge in [0.2, 0.25) is 0 Å². The number of hydrogen-bond donors (Lipinski definition) is 2. The maximum absolute atomic E-state index is 11.7. The maximum atomic E-state index is 11.7. The second-order valence-corrected chi connectivity index (χ2v) is 17.7. The van der Waals surface area contributed by atoms with Crippen LogP contribution in [0.2, 0.25) is 0 Å². The number of aliphatic imine (C=N–C) groups is 4.